The first-order chi connectivity index (χ1) is 14.7. The molecule has 7 heteroatoms. The minimum absolute atomic E-state index is 0.143. The summed E-state index contributed by atoms with van der Waals surface area (Å²) in [5, 5.41) is 12.0. The normalized spacial score (nSPS) is 15.8. The minimum Gasteiger partial charge on any atom is -0.381 e. The number of rotatable bonds is 7. The van der Waals surface area contributed by atoms with Gasteiger partial charge in [0.25, 0.3) is 5.91 Å². The summed E-state index contributed by atoms with van der Waals surface area (Å²) in [6, 6.07) is 4.10. The van der Waals surface area contributed by atoms with Gasteiger partial charge in [-0.1, -0.05) is 25.3 Å². The highest BCUT2D eigenvalue weighted by Crippen LogP contribution is 2.32. The lowest BCUT2D eigenvalue weighted by atomic mass is 9.84. The van der Waals surface area contributed by atoms with Crippen LogP contribution in [0.5, 0.6) is 0 Å². The second-order valence-corrected chi connectivity index (χ2v) is 8.12. The van der Waals surface area contributed by atoms with E-state index < -0.39 is 0 Å². The molecule has 3 aromatic heterocycles. The highest BCUT2D eigenvalue weighted by Gasteiger charge is 2.24. The molecular weight excluding hydrogens is 376 g/mol. The van der Waals surface area contributed by atoms with Crippen LogP contribution in [0.15, 0.2) is 36.9 Å². The van der Waals surface area contributed by atoms with Gasteiger partial charge in [0.15, 0.2) is 5.65 Å². The van der Waals surface area contributed by atoms with Crippen LogP contribution in [0.1, 0.15) is 61.9 Å². The number of nitrogens with one attached hydrogen (secondary N) is 2. The third-order valence-electron chi connectivity index (χ3n) is 6.12. The Bertz CT molecular complexity index is 994. The Balaban J connectivity index is 1.62. The van der Waals surface area contributed by atoms with Gasteiger partial charge in [0.1, 0.15) is 0 Å². The average molecular weight is 407 g/mol. The van der Waals surface area contributed by atoms with Gasteiger partial charge in [0.05, 0.1) is 22.8 Å². The molecule has 1 aliphatic carbocycles. The van der Waals surface area contributed by atoms with Crippen molar-refractivity contribution in [1.29, 1.82) is 0 Å². The molecule has 2 N–H and O–H groups in total. The monoisotopic (exact) mass is 406 g/mol. The van der Waals surface area contributed by atoms with E-state index in [4.69, 9.17) is 0 Å². The van der Waals surface area contributed by atoms with Crippen LogP contribution < -0.4 is 10.6 Å². The third kappa shape index (κ3) is 4.30. The molecule has 1 unspecified atom stereocenters. The van der Waals surface area contributed by atoms with Crippen LogP contribution in [-0.4, -0.2) is 31.7 Å². The van der Waals surface area contributed by atoms with E-state index in [2.05, 4.69) is 32.6 Å². The fraction of sp³-hybridized carbons (Fsp3) is 0.478. The zero-order valence-corrected chi connectivity index (χ0v) is 17.8. The lowest BCUT2D eigenvalue weighted by Gasteiger charge is -2.29. The second kappa shape index (κ2) is 9.24. The standard InChI is InChI=1S/C23H30N6O/c1-3-29-22-19(15-27-29)21(28-16(2)18-9-5-4-6-10-18)20(14-25-22)23(30)26-13-17-8-7-11-24-12-17/h7-8,11-12,14-16,18H,3-6,9-10,13H2,1-2H3,(H,25,28)(H,26,30). The van der Waals surface area contributed by atoms with Crippen molar-refractivity contribution >= 4 is 22.6 Å². The van der Waals surface area contributed by atoms with Gasteiger partial charge < -0.3 is 10.6 Å². The number of carbonyl (C=O) groups excluding carboxylic acids is 1. The highest BCUT2D eigenvalue weighted by atomic mass is 16.1. The Kier molecular flexibility index (Phi) is 6.26. The van der Waals surface area contributed by atoms with Gasteiger partial charge in [-0.3, -0.25) is 9.78 Å². The molecular formula is C23H30N6O. The van der Waals surface area contributed by atoms with E-state index in [0.717, 1.165) is 28.8 Å². The van der Waals surface area contributed by atoms with Crippen molar-refractivity contribution in [3.8, 4) is 0 Å². The number of nitrogens with zero attached hydrogens (tertiary/aromatic N) is 4. The van der Waals surface area contributed by atoms with Gasteiger partial charge in [-0.15, -0.1) is 0 Å². The minimum atomic E-state index is -0.143. The number of hydrogen-bond donors (Lipinski definition) is 2. The number of aryl methyl sites for hydroxylation is 1. The first-order valence-corrected chi connectivity index (χ1v) is 11.0. The fourth-order valence-electron chi connectivity index (χ4n) is 4.35. The van der Waals surface area contributed by atoms with Crippen molar-refractivity contribution in [2.24, 2.45) is 5.92 Å². The number of anilines is 1. The number of carbonyl (C=O) groups is 1. The quantitative estimate of drug-likeness (QED) is 0.615. The van der Waals surface area contributed by atoms with Crippen LogP contribution in [0.2, 0.25) is 0 Å². The maximum atomic E-state index is 13.1. The van der Waals surface area contributed by atoms with Gasteiger partial charge in [-0.05, 0) is 44.2 Å². The third-order valence-corrected chi connectivity index (χ3v) is 6.12. The molecule has 0 aromatic carbocycles. The number of pyridine rings is 2. The van der Waals surface area contributed by atoms with Crippen LogP contribution in [-0.2, 0) is 13.1 Å². The van der Waals surface area contributed by atoms with E-state index >= 15 is 0 Å². The maximum Gasteiger partial charge on any atom is 0.255 e. The van der Waals surface area contributed by atoms with Crippen LogP contribution in [0.3, 0.4) is 0 Å². The second-order valence-electron chi connectivity index (χ2n) is 8.12. The van der Waals surface area contributed by atoms with Crippen molar-refractivity contribution in [3.05, 3.63) is 48.0 Å². The van der Waals surface area contributed by atoms with Gasteiger partial charge >= 0.3 is 0 Å². The predicted molar refractivity (Wildman–Crippen MR) is 118 cm³/mol. The van der Waals surface area contributed by atoms with Crippen LogP contribution in [0.25, 0.3) is 11.0 Å². The molecule has 1 atom stereocenters. The fourth-order valence-corrected chi connectivity index (χ4v) is 4.35. The van der Waals surface area contributed by atoms with Crippen LogP contribution >= 0.6 is 0 Å². The number of amides is 1. The average Bonchev–Trinajstić information content (AvgIpc) is 3.22. The van der Waals surface area contributed by atoms with E-state index in [1.807, 2.05) is 29.9 Å². The number of aromatic nitrogens is 4. The van der Waals surface area contributed by atoms with Crippen molar-refractivity contribution in [2.45, 2.75) is 65.1 Å². The zero-order valence-electron chi connectivity index (χ0n) is 17.8. The molecule has 3 aromatic rings. The maximum absolute atomic E-state index is 13.1. The summed E-state index contributed by atoms with van der Waals surface area (Å²) >= 11 is 0. The lowest BCUT2D eigenvalue weighted by Crippen LogP contribution is -2.30. The highest BCUT2D eigenvalue weighted by molar-refractivity contribution is 6.06. The molecule has 0 saturated heterocycles. The van der Waals surface area contributed by atoms with Crippen LogP contribution in [0.4, 0.5) is 5.69 Å². The van der Waals surface area contributed by atoms with Crippen molar-refractivity contribution < 1.29 is 4.79 Å². The largest absolute Gasteiger partial charge is 0.381 e. The van der Waals surface area contributed by atoms with Gasteiger partial charge in [0, 0.05) is 37.7 Å². The molecule has 158 valence electrons. The molecule has 1 amide bonds. The van der Waals surface area contributed by atoms with Gasteiger partial charge in [-0.2, -0.15) is 5.10 Å². The summed E-state index contributed by atoms with van der Waals surface area (Å²) in [5.41, 5.74) is 3.16. The van der Waals surface area contributed by atoms with Crippen molar-refractivity contribution in [1.82, 2.24) is 25.1 Å². The molecule has 7 nitrogen and oxygen atoms in total. The topological polar surface area (TPSA) is 84.7 Å². The van der Waals surface area contributed by atoms with Crippen molar-refractivity contribution in [3.63, 3.8) is 0 Å². The van der Waals surface area contributed by atoms with E-state index in [9.17, 15) is 4.79 Å². The number of fused-ring (bicyclic) bond motifs is 1. The Hall–Kier alpha value is -2.96. The Labute approximate surface area is 177 Å². The Morgan fingerprint density at radius 1 is 1.23 bits per heavy atom. The smallest absolute Gasteiger partial charge is 0.255 e. The SMILES string of the molecule is CCn1ncc2c(NC(C)C3CCCCC3)c(C(=O)NCc3cccnc3)cnc21. The van der Waals surface area contributed by atoms with E-state index in [1.54, 1.807) is 18.6 Å². The first-order valence-electron chi connectivity index (χ1n) is 11.0. The summed E-state index contributed by atoms with van der Waals surface area (Å²) in [6.45, 7) is 5.43. The molecule has 30 heavy (non-hydrogen) atoms. The molecule has 1 aliphatic rings. The van der Waals surface area contributed by atoms with E-state index in [-0.39, 0.29) is 11.9 Å². The Morgan fingerprint density at radius 2 is 2.07 bits per heavy atom. The summed E-state index contributed by atoms with van der Waals surface area (Å²) in [4.78, 5) is 21.7. The van der Waals surface area contributed by atoms with Gasteiger partial charge in [0.2, 0.25) is 0 Å². The molecule has 0 spiro atoms. The van der Waals surface area contributed by atoms with Crippen LogP contribution in [0, 0.1) is 5.92 Å². The lowest BCUT2D eigenvalue weighted by molar-refractivity contribution is 0.0951. The summed E-state index contributed by atoms with van der Waals surface area (Å²) in [7, 11) is 0. The predicted octanol–water partition coefficient (Wildman–Crippen LogP) is 4.16. The molecule has 3 heterocycles. The van der Waals surface area contributed by atoms with E-state index in [0.29, 0.717) is 18.0 Å². The molecule has 1 saturated carbocycles. The molecule has 0 bridgehead atoms. The number of hydrogen-bond acceptors (Lipinski definition) is 5. The first kappa shape index (κ1) is 20.3. The zero-order chi connectivity index (χ0) is 20.9. The van der Waals surface area contributed by atoms with Crippen molar-refractivity contribution in [2.75, 3.05) is 5.32 Å². The molecule has 4 rings (SSSR count). The summed E-state index contributed by atoms with van der Waals surface area (Å²) < 4.78 is 1.86. The Morgan fingerprint density at radius 3 is 2.80 bits per heavy atom. The molecule has 0 radical (unpaired) electrons. The molecule has 1 fully saturated rings. The van der Waals surface area contributed by atoms with Gasteiger partial charge in [-0.25, -0.2) is 9.67 Å². The summed E-state index contributed by atoms with van der Waals surface area (Å²) in [6.07, 6.45) is 13.3. The molecule has 0 aliphatic heterocycles. The van der Waals surface area contributed by atoms with E-state index in [1.165, 1.54) is 32.1 Å². The summed E-state index contributed by atoms with van der Waals surface area (Å²) in [5.74, 6) is 0.477.